The van der Waals surface area contributed by atoms with Crippen LogP contribution in [0.4, 0.5) is 4.39 Å². The average molecular weight is 344 g/mol. The molecule has 126 valence electrons. The number of thiophene rings is 1. The third-order valence-corrected chi connectivity index (χ3v) is 5.32. The van der Waals surface area contributed by atoms with Crippen molar-refractivity contribution >= 4 is 17.1 Å². The molecule has 4 heteroatoms. The Morgan fingerprint density at radius 1 is 1.29 bits per heavy atom. The lowest BCUT2D eigenvalue weighted by Gasteiger charge is -2.30. The molecule has 2 rings (SSSR count). The summed E-state index contributed by atoms with van der Waals surface area (Å²) in [6.45, 7) is 7.22. The molecule has 2 nitrogen and oxygen atoms in total. The molecule has 0 saturated carbocycles. The Hall–Kier alpha value is -1.96. The van der Waals surface area contributed by atoms with Gasteiger partial charge in [0, 0.05) is 17.4 Å². The van der Waals surface area contributed by atoms with Crippen molar-refractivity contribution in [3.8, 4) is 23.0 Å². The van der Waals surface area contributed by atoms with Crippen LogP contribution in [0.2, 0.25) is 0 Å². The summed E-state index contributed by atoms with van der Waals surface area (Å²) in [7, 11) is 1.55. The highest BCUT2D eigenvalue weighted by molar-refractivity contribution is 7.10. The highest BCUT2D eigenvalue weighted by Gasteiger charge is 2.36. The maximum absolute atomic E-state index is 13.8. The van der Waals surface area contributed by atoms with Crippen LogP contribution in [0.1, 0.15) is 38.1 Å². The zero-order valence-electron chi connectivity index (χ0n) is 14.6. The Kier molecular flexibility index (Phi) is 5.58. The maximum atomic E-state index is 13.8. The van der Waals surface area contributed by atoms with Gasteiger partial charge >= 0.3 is 0 Å². The molecular formula is C20H21FO2S. The lowest BCUT2D eigenvalue weighted by molar-refractivity contribution is -0.130. The first-order valence-electron chi connectivity index (χ1n) is 7.66. The van der Waals surface area contributed by atoms with Crippen LogP contribution in [-0.4, -0.2) is 19.0 Å². The molecule has 0 saturated heterocycles. The second kappa shape index (κ2) is 7.29. The molecule has 0 spiro atoms. The number of ketones is 1. The summed E-state index contributed by atoms with van der Waals surface area (Å²) < 4.78 is 19.2. The molecule has 0 amide bonds. The summed E-state index contributed by atoms with van der Waals surface area (Å²) in [6, 6.07) is 6.97. The Morgan fingerprint density at radius 3 is 2.58 bits per heavy atom. The summed E-state index contributed by atoms with van der Waals surface area (Å²) in [5, 5.41) is 2.01. The molecule has 1 aromatic heterocycles. The van der Waals surface area contributed by atoms with Crippen LogP contribution in [0.15, 0.2) is 29.6 Å². The molecule has 1 atom stereocenters. The van der Waals surface area contributed by atoms with E-state index < -0.39 is 11.5 Å². The van der Waals surface area contributed by atoms with Gasteiger partial charge in [0.25, 0.3) is 0 Å². The lowest BCUT2D eigenvalue weighted by atomic mass is 9.82. The van der Waals surface area contributed by atoms with Gasteiger partial charge in [-0.2, -0.15) is 0 Å². The average Bonchev–Trinajstić information content (AvgIpc) is 3.00. The molecule has 0 radical (unpaired) electrons. The van der Waals surface area contributed by atoms with Gasteiger partial charge in [0.15, 0.2) is 5.78 Å². The monoisotopic (exact) mass is 344 g/mol. The van der Waals surface area contributed by atoms with Gasteiger partial charge in [-0.25, -0.2) is 4.39 Å². The van der Waals surface area contributed by atoms with Crippen molar-refractivity contribution < 1.29 is 13.9 Å². The van der Waals surface area contributed by atoms with Crippen LogP contribution >= 0.6 is 11.3 Å². The molecule has 1 heterocycles. The van der Waals surface area contributed by atoms with Gasteiger partial charge in [-0.1, -0.05) is 25.8 Å². The number of Topliss-reactive ketones (excluding diaryl/α,β-unsaturated/α-hetero) is 1. The van der Waals surface area contributed by atoms with Crippen molar-refractivity contribution in [3.05, 3.63) is 45.9 Å². The van der Waals surface area contributed by atoms with Gasteiger partial charge in [-0.05, 0) is 48.6 Å². The minimum Gasteiger partial charge on any atom is -0.373 e. The summed E-state index contributed by atoms with van der Waals surface area (Å²) >= 11 is 1.57. The quantitative estimate of drug-likeness (QED) is 0.728. The van der Waals surface area contributed by atoms with E-state index in [2.05, 4.69) is 11.8 Å². The van der Waals surface area contributed by atoms with Crippen molar-refractivity contribution in [2.75, 3.05) is 7.11 Å². The second-order valence-corrected chi connectivity index (χ2v) is 7.13. The number of hydrogen-bond acceptors (Lipinski definition) is 3. The van der Waals surface area contributed by atoms with E-state index in [1.165, 1.54) is 6.07 Å². The fraction of sp³-hybridized carbons (Fsp3) is 0.350. The van der Waals surface area contributed by atoms with Crippen LogP contribution in [0.25, 0.3) is 11.1 Å². The summed E-state index contributed by atoms with van der Waals surface area (Å²) in [4.78, 5) is 12.9. The molecule has 0 N–H and O–H groups in total. The van der Waals surface area contributed by atoms with Crippen LogP contribution < -0.4 is 0 Å². The number of benzene rings is 1. The molecule has 1 aromatic carbocycles. The van der Waals surface area contributed by atoms with Gasteiger partial charge in [-0.15, -0.1) is 17.3 Å². The number of carbonyl (C=O) groups is 1. The van der Waals surface area contributed by atoms with E-state index in [1.807, 2.05) is 25.3 Å². The normalized spacial score (nSPS) is 12.4. The van der Waals surface area contributed by atoms with E-state index in [0.29, 0.717) is 5.56 Å². The zero-order chi connectivity index (χ0) is 17.9. The maximum Gasteiger partial charge on any atom is 0.159 e. The highest BCUT2D eigenvalue weighted by Crippen LogP contribution is 2.37. The molecular weight excluding hydrogens is 323 g/mol. The van der Waals surface area contributed by atoms with Crippen molar-refractivity contribution in [2.24, 2.45) is 0 Å². The van der Waals surface area contributed by atoms with E-state index >= 15 is 0 Å². The van der Waals surface area contributed by atoms with Gasteiger partial charge in [0.1, 0.15) is 11.9 Å². The van der Waals surface area contributed by atoms with Gasteiger partial charge in [0.05, 0.1) is 5.56 Å². The first-order valence-corrected chi connectivity index (χ1v) is 8.54. The smallest absolute Gasteiger partial charge is 0.159 e. The van der Waals surface area contributed by atoms with Crippen molar-refractivity contribution in [2.45, 2.75) is 39.2 Å². The molecule has 2 aromatic rings. The van der Waals surface area contributed by atoms with E-state index in [0.717, 1.165) is 16.0 Å². The van der Waals surface area contributed by atoms with Gasteiger partial charge in [-0.3, -0.25) is 4.79 Å². The molecule has 0 bridgehead atoms. The largest absolute Gasteiger partial charge is 0.373 e. The van der Waals surface area contributed by atoms with Gasteiger partial charge < -0.3 is 4.74 Å². The third kappa shape index (κ3) is 3.58. The zero-order valence-corrected chi connectivity index (χ0v) is 15.4. The van der Waals surface area contributed by atoms with E-state index in [9.17, 15) is 9.18 Å². The highest BCUT2D eigenvalue weighted by atomic mass is 32.1. The predicted molar refractivity (Wildman–Crippen MR) is 96.8 cm³/mol. The number of rotatable bonds is 5. The second-order valence-electron chi connectivity index (χ2n) is 6.22. The minimum atomic E-state index is -0.501. The van der Waals surface area contributed by atoms with Crippen LogP contribution in [0.5, 0.6) is 0 Å². The van der Waals surface area contributed by atoms with Crippen LogP contribution in [-0.2, 0) is 14.9 Å². The molecule has 0 aliphatic carbocycles. The third-order valence-electron chi connectivity index (χ3n) is 4.05. The Labute approximate surface area is 146 Å². The van der Waals surface area contributed by atoms with Crippen molar-refractivity contribution in [3.63, 3.8) is 0 Å². The molecule has 0 aliphatic heterocycles. The van der Waals surface area contributed by atoms with Crippen LogP contribution in [0.3, 0.4) is 0 Å². The summed E-state index contributed by atoms with van der Waals surface area (Å²) in [5.74, 6) is 5.19. The fourth-order valence-electron chi connectivity index (χ4n) is 2.86. The standard InChI is InChI=1S/C20H21FO2S/c1-6-7-15-10-14(8-9-17(15)21)16-11-18(24-12-16)20(3,4)19(23-5)13(2)22/h8-12,19H,1-5H3. The topological polar surface area (TPSA) is 26.3 Å². The van der Waals surface area contributed by atoms with Gasteiger partial charge in [0.2, 0.25) is 0 Å². The van der Waals surface area contributed by atoms with Crippen molar-refractivity contribution in [1.29, 1.82) is 0 Å². The molecule has 1 unspecified atom stereocenters. The predicted octanol–water partition coefficient (Wildman–Crippen LogP) is 4.81. The number of hydrogen-bond donors (Lipinski definition) is 0. The SMILES string of the molecule is CC#Cc1cc(-c2csc(C(C)(C)C(OC)C(C)=O)c2)ccc1F. The minimum absolute atomic E-state index is 0.000242. The Morgan fingerprint density at radius 2 is 2.00 bits per heavy atom. The number of halogens is 1. The number of carbonyl (C=O) groups excluding carboxylic acids is 1. The first kappa shape index (κ1) is 18.4. The van der Waals surface area contributed by atoms with E-state index in [4.69, 9.17) is 4.74 Å². The van der Waals surface area contributed by atoms with Crippen molar-refractivity contribution in [1.82, 2.24) is 0 Å². The summed E-state index contributed by atoms with van der Waals surface area (Å²) in [6.07, 6.45) is -0.501. The first-order chi connectivity index (χ1) is 11.3. The molecule has 24 heavy (non-hydrogen) atoms. The fourth-order valence-corrected chi connectivity index (χ4v) is 3.92. The Bertz CT molecular complexity index is 809. The van der Waals surface area contributed by atoms with Crippen LogP contribution in [0, 0.1) is 17.7 Å². The lowest BCUT2D eigenvalue weighted by Crippen LogP contribution is -2.39. The Balaban J connectivity index is 2.42. The number of methoxy groups -OCH3 is 1. The van der Waals surface area contributed by atoms with E-state index in [-0.39, 0.29) is 11.6 Å². The van der Waals surface area contributed by atoms with E-state index in [1.54, 1.807) is 44.4 Å². The molecule has 0 fully saturated rings. The molecule has 0 aliphatic rings. The number of ether oxygens (including phenoxy) is 1. The summed E-state index contributed by atoms with van der Waals surface area (Å²) in [5.41, 5.74) is 1.85.